The fraction of sp³-hybridized carbons (Fsp3) is 0.267. The molecule has 1 heterocycles. The molecule has 0 saturated heterocycles. The molecule has 1 aromatic heterocycles. The molecule has 116 valence electrons. The lowest BCUT2D eigenvalue weighted by atomic mass is 10.2. The van der Waals surface area contributed by atoms with Gasteiger partial charge in [-0.3, -0.25) is 4.79 Å². The van der Waals surface area contributed by atoms with Crippen LogP contribution < -0.4 is 15.3 Å². The summed E-state index contributed by atoms with van der Waals surface area (Å²) < 4.78 is 0. The number of carboxylic acids is 1. The molecule has 1 amide bonds. The highest BCUT2D eigenvalue weighted by molar-refractivity contribution is 7.13. The molecule has 7 heteroatoms. The van der Waals surface area contributed by atoms with Crippen molar-refractivity contribution in [1.82, 2.24) is 4.98 Å². The molecule has 0 fully saturated rings. The number of anilines is 1. The fourth-order valence-corrected chi connectivity index (χ4v) is 2.72. The molecule has 2 aromatic rings. The zero-order valence-electron chi connectivity index (χ0n) is 12.4. The topological polar surface area (TPSA) is 86.6 Å². The van der Waals surface area contributed by atoms with E-state index in [2.05, 4.69) is 10.3 Å². The summed E-state index contributed by atoms with van der Waals surface area (Å²) in [5, 5.41) is 15.8. The molecule has 1 aromatic carbocycles. The number of rotatable bonds is 6. The molecule has 0 unspecified atom stereocenters. The van der Waals surface area contributed by atoms with Gasteiger partial charge in [-0.1, -0.05) is 0 Å². The van der Waals surface area contributed by atoms with Gasteiger partial charge < -0.3 is 20.1 Å². The number of aliphatic carboxylic acids is 1. The van der Waals surface area contributed by atoms with E-state index in [1.165, 1.54) is 11.3 Å². The summed E-state index contributed by atoms with van der Waals surface area (Å²) in [5.74, 6) is -1.18. The van der Waals surface area contributed by atoms with Gasteiger partial charge in [-0.25, -0.2) is 4.98 Å². The smallest absolute Gasteiger partial charge is 0.279 e. The predicted octanol–water partition coefficient (Wildman–Crippen LogP) is -0.814. The number of thiazole rings is 1. The van der Waals surface area contributed by atoms with Crippen LogP contribution in [0.5, 0.6) is 0 Å². The van der Waals surface area contributed by atoms with E-state index < -0.39 is 5.97 Å². The summed E-state index contributed by atoms with van der Waals surface area (Å²) in [6, 6.07) is 7.30. The van der Waals surface area contributed by atoms with Crippen molar-refractivity contribution in [3.05, 3.63) is 35.3 Å². The zero-order valence-corrected chi connectivity index (χ0v) is 13.2. The van der Waals surface area contributed by atoms with Gasteiger partial charge in [0.15, 0.2) is 6.54 Å². The Bertz CT molecular complexity index is 665. The summed E-state index contributed by atoms with van der Waals surface area (Å²) in [5.41, 5.74) is 2.10. The molecule has 0 atom stereocenters. The number of amides is 1. The van der Waals surface area contributed by atoms with E-state index >= 15 is 0 Å². The lowest BCUT2D eigenvalue weighted by Gasteiger charge is -2.08. The molecule has 0 bridgehead atoms. The largest absolute Gasteiger partial charge is 0.550 e. The second-order valence-corrected chi connectivity index (χ2v) is 6.06. The summed E-state index contributed by atoms with van der Waals surface area (Å²) in [6.07, 6.45) is -0.183. The first-order chi connectivity index (χ1) is 10.4. The van der Waals surface area contributed by atoms with Crippen molar-refractivity contribution in [1.29, 1.82) is 0 Å². The minimum absolute atomic E-state index is 0.0433. The Morgan fingerprint density at radius 2 is 1.95 bits per heavy atom. The van der Waals surface area contributed by atoms with Gasteiger partial charge in [0.2, 0.25) is 0 Å². The maximum absolute atomic E-state index is 11.7. The van der Waals surface area contributed by atoms with Crippen molar-refractivity contribution in [2.24, 2.45) is 0 Å². The first-order valence-corrected chi connectivity index (χ1v) is 7.65. The zero-order chi connectivity index (χ0) is 16.1. The quantitative estimate of drug-likeness (QED) is 0.729. The Hall–Kier alpha value is -2.25. The van der Waals surface area contributed by atoms with E-state index in [0.717, 1.165) is 21.2 Å². The van der Waals surface area contributed by atoms with Crippen LogP contribution in [-0.2, 0) is 16.0 Å². The maximum Gasteiger partial charge on any atom is 0.279 e. The molecule has 0 saturated carbocycles. The third-order valence-corrected chi connectivity index (χ3v) is 3.75. The van der Waals surface area contributed by atoms with Crippen molar-refractivity contribution in [3.8, 4) is 10.6 Å². The Labute approximate surface area is 132 Å². The number of likely N-dealkylation sites (N-methyl/N-ethyl adjacent to an activating group) is 1. The first-order valence-electron chi connectivity index (χ1n) is 6.77. The number of carbonyl (C=O) groups is 2. The Balaban J connectivity index is 2.03. The van der Waals surface area contributed by atoms with E-state index in [-0.39, 0.29) is 12.3 Å². The second kappa shape index (κ2) is 7.15. The van der Waals surface area contributed by atoms with Crippen LogP contribution in [0.4, 0.5) is 5.69 Å². The van der Waals surface area contributed by atoms with Gasteiger partial charge in [0.25, 0.3) is 5.91 Å². The first kappa shape index (κ1) is 16.1. The van der Waals surface area contributed by atoms with Crippen molar-refractivity contribution in [2.45, 2.75) is 6.42 Å². The average molecular weight is 319 g/mol. The van der Waals surface area contributed by atoms with Gasteiger partial charge in [-0.2, -0.15) is 0 Å². The molecule has 0 radical (unpaired) electrons. The lowest BCUT2D eigenvalue weighted by molar-refractivity contribution is -0.849. The number of benzene rings is 1. The fourth-order valence-electron chi connectivity index (χ4n) is 1.89. The number of nitrogens with one attached hydrogen (secondary N) is 2. The highest BCUT2D eigenvalue weighted by Gasteiger charge is 2.08. The van der Waals surface area contributed by atoms with Crippen LogP contribution in [0.1, 0.15) is 5.69 Å². The molecule has 2 N–H and O–H groups in total. The maximum atomic E-state index is 11.7. The molecule has 22 heavy (non-hydrogen) atoms. The third-order valence-electron chi connectivity index (χ3n) is 2.81. The number of hydrogen-bond donors (Lipinski definition) is 2. The number of aromatic nitrogens is 1. The van der Waals surface area contributed by atoms with E-state index in [1.807, 2.05) is 26.2 Å². The third kappa shape index (κ3) is 4.64. The van der Waals surface area contributed by atoms with Crippen LogP contribution in [-0.4, -0.2) is 37.5 Å². The summed E-state index contributed by atoms with van der Waals surface area (Å²) >= 11 is 1.38. The lowest BCUT2D eigenvalue weighted by Crippen LogP contribution is -3.06. The Kier molecular flexibility index (Phi) is 5.24. The molecular formula is C15H17N3O3S. The Morgan fingerprint density at radius 3 is 2.55 bits per heavy atom. The summed E-state index contributed by atoms with van der Waals surface area (Å²) in [7, 11) is 3.82. The summed E-state index contributed by atoms with van der Waals surface area (Å²) in [4.78, 5) is 27.5. The van der Waals surface area contributed by atoms with Gasteiger partial charge in [0, 0.05) is 29.0 Å². The average Bonchev–Trinajstić information content (AvgIpc) is 2.86. The monoisotopic (exact) mass is 319 g/mol. The number of carboxylic acid groups (broad SMARTS) is 1. The van der Waals surface area contributed by atoms with Crippen LogP contribution in [0.15, 0.2) is 29.6 Å². The van der Waals surface area contributed by atoms with Crippen molar-refractivity contribution in [3.63, 3.8) is 0 Å². The van der Waals surface area contributed by atoms with Crippen molar-refractivity contribution < 1.29 is 19.6 Å². The van der Waals surface area contributed by atoms with E-state index in [1.54, 1.807) is 17.5 Å². The number of quaternary nitrogens is 1. The van der Waals surface area contributed by atoms with Gasteiger partial charge in [0.05, 0.1) is 19.8 Å². The molecule has 2 rings (SSSR count). The van der Waals surface area contributed by atoms with Gasteiger partial charge in [0.1, 0.15) is 5.01 Å². The van der Waals surface area contributed by atoms with E-state index in [0.29, 0.717) is 12.2 Å². The van der Waals surface area contributed by atoms with E-state index in [4.69, 9.17) is 0 Å². The number of carbonyl (C=O) groups excluding carboxylic acids is 2. The van der Waals surface area contributed by atoms with Crippen LogP contribution in [0, 0.1) is 0 Å². The molecule has 6 nitrogen and oxygen atoms in total. The van der Waals surface area contributed by atoms with Crippen molar-refractivity contribution in [2.75, 3.05) is 26.0 Å². The Morgan fingerprint density at radius 1 is 1.27 bits per heavy atom. The second-order valence-electron chi connectivity index (χ2n) is 5.20. The van der Waals surface area contributed by atoms with Gasteiger partial charge >= 0.3 is 0 Å². The number of nitrogens with zero attached hydrogens (tertiary/aromatic N) is 1. The minimum Gasteiger partial charge on any atom is -0.550 e. The molecule has 0 spiro atoms. The molecular weight excluding hydrogens is 302 g/mol. The SMILES string of the molecule is C[NH+](C)CC(=O)Nc1ccc(-c2nc(CC(=O)[O-])cs2)cc1. The summed E-state index contributed by atoms with van der Waals surface area (Å²) in [6.45, 7) is 0.404. The van der Waals surface area contributed by atoms with Crippen LogP contribution in [0.25, 0.3) is 10.6 Å². The molecule has 0 aliphatic heterocycles. The highest BCUT2D eigenvalue weighted by atomic mass is 32.1. The van der Waals surface area contributed by atoms with Crippen LogP contribution in [0.2, 0.25) is 0 Å². The number of hydrogen-bond acceptors (Lipinski definition) is 5. The van der Waals surface area contributed by atoms with Crippen LogP contribution in [0.3, 0.4) is 0 Å². The molecule has 0 aliphatic carbocycles. The van der Waals surface area contributed by atoms with Gasteiger partial charge in [-0.05, 0) is 24.3 Å². The normalized spacial score (nSPS) is 10.7. The minimum atomic E-state index is -1.14. The van der Waals surface area contributed by atoms with Crippen molar-refractivity contribution >= 4 is 28.9 Å². The van der Waals surface area contributed by atoms with Crippen LogP contribution >= 0.6 is 11.3 Å². The highest BCUT2D eigenvalue weighted by Crippen LogP contribution is 2.25. The van der Waals surface area contributed by atoms with Gasteiger partial charge in [-0.15, -0.1) is 11.3 Å². The van der Waals surface area contributed by atoms with E-state index in [9.17, 15) is 14.7 Å². The standard InChI is InChI=1S/C15H17N3O3S/c1-18(2)8-13(19)16-11-5-3-10(4-6-11)15-17-12(9-22-15)7-14(20)21/h3-6,9H,7-8H2,1-2H3,(H,16,19)(H,20,21). The molecule has 0 aliphatic rings. The predicted molar refractivity (Wildman–Crippen MR) is 82.6 cm³/mol.